The fraction of sp³-hybridized carbons (Fsp3) is 0.500. The molecule has 4 N–H and O–H groups in total. The summed E-state index contributed by atoms with van der Waals surface area (Å²) in [4.78, 5) is 39.8. The third-order valence-electron chi connectivity index (χ3n) is 8.27. The van der Waals surface area contributed by atoms with E-state index >= 15 is 0 Å². The molecule has 10 heteroatoms. The van der Waals surface area contributed by atoms with Gasteiger partial charge in [0.2, 0.25) is 5.91 Å². The number of hydrogen-bond donors (Lipinski definition) is 4. The van der Waals surface area contributed by atoms with Crippen LogP contribution in [0.4, 0.5) is 11.4 Å². The SMILES string of the molecule is C[C@H]1[C@H]([Si](C)(C)O)[C@@H](CCO)O[C@]12C(=O)N(Cc1cccc(NC(=O)[C@H]3CCCN3)c1)c1ccc(Cl)cc12. The molecule has 0 aliphatic carbocycles. The van der Waals surface area contributed by atoms with E-state index in [0.717, 1.165) is 30.6 Å². The second-order valence-electron chi connectivity index (χ2n) is 11.3. The van der Waals surface area contributed by atoms with Crippen LogP contribution in [0, 0.1) is 5.92 Å². The van der Waals surface area contributed by atoms with E-state index in [-0.39, 0.29) is 42.5 Å². The fourth-order valence-electron chi connectivity index (χ4n) is 6.67. The van der Waals surface area contributed by atoms with Crippen LogP contribution >= 0.6 is 11.6 Å². The number of carbonyl (C=O) groups excluding carboxylic acids is 2. The van der Waals surface area contributed by atoms with E-state index in [0.29, 0.717) is 22.7 Å². The smallest absolute Gasteiger partial charge is 0.264 e. The van der Waals surface area contributed by atoms with Gasteiger partial charge in [0.15, 0.2) is 13.9 Å². The van der Waals surface area contributed by atoms with Gasteiger partial charge in [-0.2, -0.15) is 0 Å². The van der Waals surface area contributed by atoms with Crippen LogP contribution in [0.3, 0.4) is 0 Å². The first kappa shape index (κ1) is 27.3. The van der Waals surface area contributed by atoms with Gasteiger partial charge in [-0.3, -0.25) is 9.59 Å². The molecule has 0 aromatic heterocycles. The molecule has 38 heavy (non-hydrogen) atoms. The van der Waals surface area contributed by atoms with E-state index < -0.39 is 20.0 Å². The van der Waals surface area contributed by atoms with Crippen molar-refractivity contribution >= 4 is 43.1 Å². The van der Waals surface area contributed by atoms with Crippen LogP contribution in [0.1, 0.15) is 37.3 Å². The van der Waals surface area contributed by atoms with Crippen molar-refractivity contribution in [2.45, 2.75) is 69.1 Å². The lowest BCUT2D eigenvalue weighted by Gasteiger charge is -2.32. The molecule has 0 saturated carbocycles. The van der Waals surface area contributed by atoms with Crippen molar-refractivity contribution in [1.82, 2.24) is 5.32 Å². The number of nitrogens with zero attached hydrogens (tertiary/aromatic N) is 1. The molecule has 204 valence electrons. The van der Waals surface area contributed by atoms with E-state index in [4.69, 9.17) is 16.3 Å². The minimum Gasteiger partial charge on any atom is -0.432 e. The van der Waals surface area contributed by atoms with E-state index in [1.165, 1.54) is 0 Å². The maximum absolute atomic E-state index is 14.3. The van der Waals surface area contributed by atoms with Gasteiger partial charge >= 0.3 is 0 Å². The van der Waals surface area contributed by atoms with Crippen LogP contribution in [-0.4, -0.2) is 55.3 Å². The predicted octanol–water partition coefficient (Wildman–Crippen LogP) is 3.76. The first-order valence-electron chi connectivity index (χ1n) is 13.3. The van der Waals surface area contributed by atoms with E-state index in [1.54, 1.807) is 17.0 Å². The van der Waals surface area contributed by atoms with Crippen molar-refractivity contribution in [3.05, 3.63) is 58.6 Å². The highest BCUT2D eigenvalue weighted by atomic mass is 35.5. The standard InChI is InChI=1S/C28H36ClN3O5Si/c1-17-25(38(2,3)36)24(11-13-33)37-28(17)21-15-19(29)9-10-23(21)32(27(28)35)16-18-6-4-7-20(14-18)31-26(34)22-8-5-12-30-22/h4,6-7,9-10,14-15,17,22,24-25,30,33,36H,5,8,11-13,16H2,1-3H3,(H,31,34)/t17-,22+,24+,25-,28+/m0/s1. The van der Waals surface area contributed by atoms with E-state index in [2.05, 4.69) is 10.6 Å². The average Bonchev–Trinajstić information content (AvgIpc) is 3.54. The summed E-state index contributed by atoms with van der Waals surface area (Å²) in [6, 6.07) is 12.7. The zero-order valence-corrected chi connectivity index (χ0v) is 23.8. The number of halogens is 1. The Morgan fingerprint density at radius 2 is 2.08 bits per heavy atom. The van der Waals surface area contributed by atoms with Crippen molar-refractivity contribution in [3.63, 3.8) is 0 Å². The summed E-state index contributed by atoms with van der Waals surface area (Å²) >= 11 is 6.42. The summed E-state index contributed by atoms with van der Waals surface area (Å²) in [7, 11) is -2.76. The summed E-state index contributed by atoms with van der Waals surface area (Å²) in [5.41, 5.74) is 1.42. The van der Waals surface area contributed by atoms with Crippen molar-refractivity contribution < 1.29 is 24.2 Å². The van der Waals surface area contributed by atoms with Gasteiger partial charge in [0.05, 0.1) is 24.4 Å². The van der Waals surface area contributed by atoms with Crippen LogP contribution in [0.5, 0.6) is 0 Å². The molecule has 2 saturated heterocycles. The molecule has 5 rings (SSSR count). The third kappa shape index (κ3) is 4.69. The van der Waals surface area contributed by atoms with Gasteiger partial charge in [-0.05, 0) is 74.8 Å². The van der Waals surface area contributed by atoms with Crippen molar-refractivity contribution in [2.24, 2.45) is 5.92 Å². The number of benzene rings is 2. The molecule has 8 nitrogen and oxygen atoms in total. The van der Waals surface area contributed by atoms with Crippen LogP contribution in [0.25, 0.3) is 0 Å². The lowest BCUT2D eigenvalue weighted by atomic mass is 9.82. The molecular weight excluding hydrogens is 522 g/mol. The Hall–Kier alpha value is -2.27. The highest BCUT2D eigenvalue weighted by molar-refractivity contribution is 6.71. The quantitative estimate of drug-likeness (QED) is 0.386. The zero-order chi connectivity index (χ0) is 27.2. The molecule has 1 spiro atoms. The van der Waals surface area contributed by atoms with Gasteiger partial charge in [0.1, 0.15) is 0 Å². The maximum Gasteiger partial charge on any atom is 0.264 e. The number of anilines is 2. The summed E-state index contributed by atoms with van der Waals surface area (Å²) in [5, 5.41) is 16.4. The Morgan fingerprint density at radius 1 is 1.29 bits per heavy atom. The topological polar surface area (TPSA) is 111 Å². The van der Waals surface area contributed by atoms with Crippen LogP contribution in [0.2, 0.25) is 23.7 Å². The number of amides is 2. The number of carbonyl (C=O) groups is 2. The largest absolute Gasteiger partial charge is 0.432 e. The molecule has 2 amide bonds. The Kier molecular flexibility index (Phi) is 7.45. The van der Waals surface area contributed by atoms with Crippen LogP contribution < -0.4 is 15.5 Å². The molecular formula is C28H36ClN3O5Si. The maximum atomic E-state index is 14.3. The molecule has 2 aromatic rings. The first-order chi connectivity index (χ1) is 18.1. The molecule has 2 fully saturated rings. The molecule has 3 aliphatic heterocycles. The normalized spacial score (nSPS) is 28.8. The Balaban J connectivity index is 1.47. The van der Waals surface area contributed by atoms with Crippen molar-refractivity contribution in [2.75, 3.05) is 23.4 Å². The number of rotatable bonds is 7. The number of aliphatic hydroxyl groups excluding tert-OH is 1. The van der Waals surface area contributed by atoms with Gasteiger partial charge in [0, 0.05) is 34.3 Å². The average molecular weight is 558 g/mol. The summed E-state index contributed by atoms with van der Waals surface area (Å²) in [5.74, 6) is -0.568. The minimum absolute atomic E-state index is 0.0548. The number of ether oxygens (including phenoxy) is 1. The first-order valence-corrected chi connectivity index (χ1v) is 16.7. The van der Waals surface area contributed by atoms with Crippen molar-refractivity contribution in [1.29, 1.82) is 0 Å². The van der Waals surface area contributed by atoms with E-state index in [1.807, 2.05) is 50.3 Å². The van der Waals surface area contributed by atoms with Gasteiger partial charge in [-0.1, -0.05) is 30.7 Å². The molecule has 2 aromatic carbocycles. The lowest BCUT2D eigenvalue weighted by molar-refractivity contribution is -0.146. The number of aliphatic hydroxyl groups is 1. The van der Waals surface area contributed by atoms with Crippen molar-refractivity contribution in [3.8, 4) is 0 Å². The monoisotopic (exact) mass is 557 g/mol. The number of fused-ring (bicyclic) bond motifs is 2. The summed E-state index contributed by atoms with van der Waals surface area (Å²) < 4.78 is 6.60. The van der Waals surface area contributed by atoms with Gasteiger partial charge in [-0.25, -0.2) is 0 Å². The molecule has 0 unspecified atom stereocenters. The zero-order valence-electron chi connectivity index (χ0n) is 22.0. The molecule has 0 bridgehead atoms. The second kappa shape index (κ2) is 10.4. The molecule has 0 radical (unpaired) electrons. The Bertz CT molecular complexity index is 1230. The van der Waals surface area contributed by atoms with E-state index in [9.17, 15) is 19.5 Å². The second-order valence-corrected chi connectivity index (χ2v) is 15.7. The van der Waals surface area contributed by atoms with Gasteiger partial charge < -0.3 is 30.2 Å². The highest BCUT2D eigenvalue weighted by Gasteiger charge is 2.66. The minimum atomic E-state index is -2.76. The molecule has 3 heterocycles. The van der Waals surface area contributed by atoms with Gasteiger partial charge in [0.25, 0.3) is 5.91 Å². The molecule has 3 aliphatic rings. The summed E-state index contributed by atoms with van der Waals surface area (Å²) in [6.45, 7) is 6.72. The Morgan fingerprint density at radius 3 is 2.76 bits per heavy atom. The third-order valence-corrected chi connectivity index (χ3v) is 11.0. The van der Waals surface area contributed by atoms with Crippen LogP contribution in [0.15, 0.2) is 42.5 Å². The summed E-state index contributed by atoms with van der Waals surface area (Å²) in [6.07, 6.45) is 1.70. The highest BCUT2D eigenvalue weighted by Crippen LogP contribution is 2.60. The number of nitrogens with one attached hydrogen (secondary N) is 2. The fourth-order valence-corrected chi connectivity index (χ4v) is 9.45. The predicted molar refractivity (Wildman–Crippen MR) is 150 cm³/mol. The van der Waals surface area contributed by atoms with Crippen LogP contribution in [-0.2, 0) is 26.5 Å². The lowest BCUT2D eigenvalue weighted by Crippen LogP contribution is -2.46. The Labute approximate surface area is 229 Å². The molecule has 5 atom stereocenters. The number of hydrogen-bond acceptors (Lipinski definition) is 6. The van der Waals surface area contributed by atoms with Gasteiger partial charge in [-0.15, -0.1) is 0 Å².